The molecule has 1 aliphatic heterocycles. The molecular formula is C21H24FN3O4S. The summed E-state index contributed by atoms with van der Waals surface area (Å²) in [7, 11) is -3.68. The van der Waals surface area contributed by atoms with Crippen molar-refractivity contribution in [2.24, 2.45) is 0 Å². The van der Waals surface area contributed by atoms with Gasteiger partial charge in [-0.1, -0.05) is 12.5 Å². The molecule has 3 rings (SSSR count). The van der Waals surface area contributed by atoms with E-state index >= 15 is 0 Å². The third kappa shape index (κ3) is 4.85. The van der Waals surface area contributed by atoms with E-state index < -0.39 is 27.7 Å². The number of benzene rings is 2. The van der Waals surface area contributed by atoms with E-state index in [0.29, 0.717) is 18.7 Å². The standard InChI is InChI=1S/C21H24FN3O4S/c1-14-6-8-17(30(28,29)25-10-4-3-5-11-25)13-18(14)21(27)24-16-7-9-19(22)20(12-16)23-15(2)26/h6-9,12-13H,3-5,10-11H2,1-2H3,(H,23,26)(H,24,27). The van der Waals surface area contributed by atoms with Gasteiger partial charge in [-0.25, -0.2) is 12.8 Å². The molecule has 0 aromatic heterocycles. The summed E-state index contributed by atoms with van der Waals surface area (Å²) in [5, 5.41) is 4.99. The zero-order chi connectivity index (χ0) is 21.9. The molecule has 9 heteroatoms. The van der Waals surface area contributed by atoms with Crippen LogP contribution in [0, 0.1) is 12.7 Å². The van der Waals surface area contributed by atoms with E-state index in [1.165, 1.54) is 35.5 Å². The topological polar surface area (TPSA) is 95.6 Å². The fourth-order valence-corrected chi connectivity index (χ4v) is 4.89. The van der Waals surface area contributed by atoms with Crippen LogP contribution in [-0.4, -0.2) is 37.6 Å². The van der Waals surface area contributed by atoms with Crippen molar-refractivity contribution in [1.82, 2.24) is 4.31 Å². The first-order valence-electron chi connectivity index (χ1n) is 9.68. The maximum atomic E-state index is 13.8. The van der Waals surface area contributed by atoms with E-state index in [0.717, 1.165) is 25.3 Å². The van der Waals surface area contributed by atoms with E-state index in [-0.39, 0.29) is 21.8 Å². The van der Waals surface area contributed by atoms with Crippen LogP contribution in [0.15, 0.2) is 41.3 Å². The van der Waals surface area contributed by atoms with Crippen LogP contribution in [-0.2, 0) is 14.8 Å². The number of sulfonamides is 1. The number of anilines is 2. The molecule has 30 heavy (non-hydrogen) atoms. The number of aryl methyl sites for hydroxylation is 1. The maximum absolute atomic E-state index is 13.8. The molecule has 0 saturated carbocycles. The maximum Gasteiger partial charge on any atom is 0.255 e. The fraction of sp³-hybridized carbons (Fsp3) is 0.333. The summed E-state index contributed by atoms with van der Waals surface area (Å²) in [4.78, 5) is 24.1. The van der Waals surface area contributed by atoms with Gasteiger partial charge < -0.3 is 10.6 Å². The Morgan fingerprint density at radius 2 is 1.70 bits per heavy atom. The quantitative estimate of drug-likeness (QED) is 0.754. The smallest absolute Gasteiger partial charge is 0.255 e. The molecule has 7 nitrogen and oxygen atoms in total. The van der Waals surface area contributed by atoms with Crippen LogP contribution >= 0.6 is 0 Å². The zero-order valence-electron chi connectivity index (χ0n) is 16.9. The highest BCUT2D eigenvalue weighted by Crippen LogP contribution is 2.24. The minimum absolute atomic E-state index is 0.0570. The van der Waals surface area contributed by atoms with Crippen molar-refractivity contribution in [2.75, 3.05) is 23.7 Å². The first kappa shape index (κ1) is 21.9. The summed E-state index contributed by atoms with van der Waals surface area (Å²) in [5.74, 6) is -1.60. The summed E-state index contributed by atoms with van der Waals surface area (Å²) in [6.45, 7) is 3.90. The Morgan fingerprint density at radius 1 is 1.00 bits per heavy atom. The predicted octanol–water partition coefficient (Wildman–Crippen LogP) is 3.52. The van der Waals surface area contributed by atoms with Gasteiger partial charge in [-0.05, 0) is 55.7 Å². The van der Waals surface area contributed by atoms with E-state index in [4.69, 9.17) is 0 Å². The van der Waals surface area contributed by atoms with Crippen molar-refractivity contribution in [1.29, 1.82) is 0 Å². The summed E-state index contributed by atoms with van der Waals surface area (Å²) in [6.07, 6.45) is 2.64. The predicted molar refractivity (Wildman–Crippen MR) is 112 cm³/mol. The van der Waals surface area contributed by atoms with Gasteiger partial charge in [0.05, 0.1) is 10.6 Å². The van der Waals surface area contributed by atoms with Crippen molar-refractivity contribution in [3.63, 3.8) is 0 Å². The molecule has 1 fully saturated rings. The van der Waals surface area contributed by atoms with Gasteiger partial charge in [-0.2, -0.15) is 4.31 Å². The minimum Gasteiger partial charge on any atom is -0.324 e. The molecule has 1 saturated heterocycles. The molecule has 1 heterocycles. The summed E-state index contributed by atoms with van der Waals surface area (Å²) < 4.78 is 41.1. The first-order valence-corrected chi connectivity index (χ1v) is 11.1. The van der Waals surface area contributed by atoms with Crippen LogP contribution in [0.3, 0.4) is 0 Å². The number of carbonyl (C=O) groups is 2. The van der Waals surface area contributed by atoms with Crippen LogP contribution < -0.4 is 10.6 Å². The van der Waals surface area contributed by atoms with Crippen LogP contribution in [0.5, 0.6) is 0 Å². The van der Waals surface area contributed by atoms with Crippen molar-refractivity contribution < 1.29 is 22.4 Å². The number of nitrogens with one attached hydrogen (secondary N) is 2. The number of piperidine rings is 1. The largest absolute Gasteiger partial charge is 0.324 e. The summed E-state index contributed by atoms with van der Waals surface area (Å²) >= 11 is 0. The van der Waals surface area contributed by atoms with Gasteiger partial charge in [-0.15, -0.1) is 0 Å². The molecule has 1 aliphatic rings. The van der Waals surface area contributed by atoms with E-state index in [9.17, 15) is 22.4 Å². The second-order valence-corrected chi connectivity index (χ2v) is 9.21. The third-order valence-electron chi connectivity index (χ3n) is 4.94. The third-order valence-corrected chi connectivity index (χ3v) is 6.84. The average Bonchev–Trinajstić information content (AvgIpc) is 2.71. The van der Waals surface area contributed by atoms with E-state index in [1.807, 2.05) is 0 Å². The molecule has 0 spiro atoms. The number of carbonyl (C=O) groups excluding carboxylic acids is 2. The number of halogens is 1. The lowest BCUT2D eigenvalue weighted by Crippen LogP contribution is -2.35. The molecule has 2 N–H and O–H groups in total. The minimum atomic E-state index is -3.68. The number of hydrogen-bond acceptors (Lipinski definition) is 4. The van der Waals surface area contributed by atoms with Gasteiger partial charge in [-0.3, -0.25) is 9.59 Å². The highest BCUT2D eigenvalue weighted by molar-refractivity contribution is 7.89. The van der Waals surface area contributed by atoms with Gasteiger partial charge in [0.2, 0.25) is 15.9 Å². The van der Waals surface area contributed by atoms with Gasteiger partial charge in [0.1, 0.15) is 5.82 Å². The zero-order valence-corrected chi connectivity index (χ0v) is 17.7. The molecule has 0 aliphatic carbocycles. The SMILES string of the molecule is CC(=O)Nc1cc(NC(=O)c2cc(S(=O)(=O)N3CCCCC3)ccc2C)ccc1F. The van der Waals surface area contributed by atoms with Gasteiger partial charge in [0.15, 0.2) is 0 Å². The van der Waals surface area contributed by atoms with Crippen LogP contribution in [0.4, 0.5) is 15.8 Å². The van der Waals surface area contributed by atoms with Crippen LogP contribution in [0.25, 0.3) is 0 Å². The van der Waals surface area contributed by atoms with Gasteiger partial charge in [0.25, 0.3) is 5.91 Å². The molecule has 160 valence electrons. The average molecular weight is 434 g/mol. The monoisotopic (exact) mass is 433 g/mol. The Bertz CT molecular complexity index is 1080. The Balaban J connectivity index is 1.86. The van der Waals surface area contributed by atoms with Crippen molar-refractivity contribution >= 4 is 33.2 Å². The number of amides is 2. The second-order valence-electron chi connectivity index (χ2n) is 7.27. The van der Waals surface area contributed by atoms with E-state index in [2.05, 4.69) is 10.6 Å². The molecular weight excluding hydrogens is 409 g/mol. The lowest BCUT2D eigenvalue weighted by atomic mass is 10.1. The molecule has 0 radical (unpaired) electrons. The van der Waals surface area contributed by atoms with Crippen molar-refractivity contribution in [2.45, 2.75) is 38.0 Å². The summed E-state index contributed by atoms with van der Waals surface area (Å²) in [6, 6.07) is 8.26. The Morgan fingerprint density at radius 3 is 2.37 bits per heavy atom. The van der Waals surface area contributed by atoms with Crippen molar-refractivity contribution in [3.05, 3.63) is 53.3 Å². The Hall–Kier alpha value is -2.78. The Labute approximate surface area is 175 Å². The normalized spacial score (nSPS) is 14.9. The number of hydrogen-bond donors (Lipinski definition) is 2. The highest BCUT2D eigenvalue weighted by atomic mass is 32.2. The fourth-order valence-electron chi connectivity index (χ4n) is 3.35. The van der Waals surface area contributed by atoms with Crippen LogP contribution in [0.2, 0.25) is 0 Å². The van der Waals surface area contributed by atoms with Gasteiger partial charge >= 0.3 is 0 Å². The highest BCUT2D eigenvalue weighted by Gasteiger charge is 2.27. The van der Waals surface area contributed by atoms with Gasteiger partial charge in [0, 0.05) is 31.3 Å². The van der Waals surface area contributed by atoms with E-state index in [1.54, 1.807) is 13.0 Å². The molecule has 0 unspecified atom stereocenters. The molecule has 2 aromatic rings. The molecule has 2 amide bonds. The molecule has 2 aromatic carbocycles. The first-order chi connectivity index (χ1) is 14.2. The number of nitrogens with zero attached hydrogens (tertiary/aromatic N) is 1. The molecule has 0 atom stereocenters. The lowest BCUT2D eigenvalue weighted by molar-refractivity contribution is -0.114. The second kappa shape index (κ2) is 8.93. The summed E-state index contributed by atoms with van der Waals surface area (Å²) in [5.41, 5.74) is 1.03. The number of rotatable bonds is 5. The molecule has 0 bridgehead atoms. The van der Waals surface area contributed by atoms with Crippen LogP contribution in [0.1, 0.15) is 42.1 Å². The van der Waals surface area contributed by atoms with Crippen molar-refractivity contribution in [3.8, 4) is 0 Å². The Kier molecular flexibility index (Phi) is 6.52. The lowest BCUT2D eigenvalue weighted by Gasteiger charge is -2.26.